The summed E-state index contributed by atoms with van der Waals surface area (Å²) in [7, 11) is 0.820. The number of carbonyl (C=O) groups excluding carboxylic acids is 1. The zero-order valence-corrected chi connectivity index (χ0v) is 18.0. The van der Waals surface area contributed by atoms with E-state index in [0.29, 0.717) is 23.6 Å². The van der Waals surface area contributed by atoms with E-state index in [2.05, 4.69) is 33.4 Å². The fourth-order valence-corrected chi connectivity index (χ4v) is 7.06. The maximum atomic E-state index is 13.3. The molecule has 0 radical (unpaired) electrons. The Labute approximate surface area is 180 Å². The van der Waals surface area contributed by atoms with Crippen LogP contribution >= 0.6 is 8.58 Å². The molecule has 7 rings (SSSR count). The number of H-pyrrole nitrogens is 1. The molecular weight excluding hydrogens is 409 g/mol. The highest BCUT2D eigenvalue weighted by Gasteiger charge is 2.41. The molecule has 7 nitrogen and oxygen atoms in total. The molecule has 1 N–H and O–H groups in total. The van der Waals surface area contributed by atoms with Crippen LogP contribution in [0, 0.1) is 0 Å². The highest BCUT2D eigenvalue weighted by molar-refractivity contribution is 7.43. The summed E-state index contributed by atoms with van der Waals surface area (Å²) in [6.07, 6.45) is 11.0. The number of benzene rings is 1. The van der Waals surface area contributed by atoms with Gasteiger partial charge in [-0.1, -0.05) is 33.6 Å². The minimum atomic E-state index is -0.254. The smallest absolute Gasteiger partial charge is 0.294 e. The first-order valence-electron chi connectivity index (χ1n) is 11.1. The topological polar surface area (TPSA) is 83.4 Å². The molecule has 156 valence electrons. The van der Waals surface area contributed by atoms with E-state index < -0.39 is 0 Å². The monoisotopic (exact) mass is 431 g/mol. The molecule has 1 aliphatic carbocycles. The van der Waals surface area contributed by atoms with Gasteiger partial charge in [0.1, 0.15) is 5.82 Å². The van der Waals surface area contributed by atoms with Gasteiger partial charge in [0.15, 0.2) is 0 Å². The number of hydrogen-bond acceptors (Lipinski definition) is 4. The molecule has 4 aliphatic rings. The summed E-state index contributed by atoms with van der Waals surface area (Å²) in [6.45, 7) is 0.680. The zero-order chi connectivity index (χ0) is 20.7. The molecule has 5 heterocycles. The molecular formula is C23H22N5O2P. The Balaban J connectivity index is 1.45. The number of carbonyl (C=O) groups is 1. The lowest BCUT2D eigenvalue weighted by atomic mass is 9.97. The number of allylic oxidation sites excluding steroid dienone is 1. The Kier molecular flexibility index (Phi) is 3.66. The second-order valence-electron chi connectivity index (χ2n) is 9.05. The Morgan fingerprint density at radius 2 is 2.00 bits per heavy atom. The Hall–Kier alpha value is -2.79. The average Bonchev–Trinajstić information content (AvgIpc) is 3.51. The molecule has 0 spiro atoms. The molecule has 2 aromatic heterocycles. The average molecular weight is 431 g/mol. The van der Waals surface area contributed by atoms with E-state index >= 15 is 0 Å². The van der Waals surface area contributed by atoms with Crippen LogP contribution in [0.1, 0.15) is 65.8 Å². The number of nitrogens with zero attached hydrogens (tertiary/aromatic N) is 4. The minimum Gasteiger partial charge on any atom is -0.327 e. The van der Waals surface area contributed by atoms with Gasteiger partial charge in [0, 0.05) is 18.0 Å². The van der Waals surface area contributed by atoms with Gasteiger partial charge < -0.3 is 9.88 Å². The minimum absolute atomic E-state index is 0.0662. The van der Waals surface area contributed by atoms with E-state index in [-0.39, 0.29) is 17.5 Å². The second-order valence-corrected chi connectivity index (χ2v) is 10.4. The normalized spacial score (nSPS) is 23.9. The summed E-state index contributed by atoms with van der Waals surface area (Å²) in [5.74, 6) is 1.29. The van der Waals surface area contributed by atoms with E-state index in [9.17, 15) is 9.59 Å². The molecule has 3 aromatic rings. The Bertz CT molecular complexity index is 1410. The van der Waals surface area contributed by atoms with Crippen LogP contribution in [0.3, 0.4) is 0 Å². The fraction of sp³-hybridized carbons (Fsp3) is 0.391. The molecule has 8 heteroatoms. The molecule has 0 saturated heterocycles. The van der Waals surface area contributed by atoms with Gasteiger partial charge in [-0.05, 0) is 54.0 Å². The maximum Gasteiger partial charge on any atom is 0.294 e. The van der Waals surface area contributed by atoms with Crippen molar-refractivity contribution < 1.29 is 4.79 Å². The summed E-state index contributed by atoms with van der Waals surface area (Å²) >= 11 is 0. The van der Waals surface area contributed by atoms with Gasteiger partial charge in [-0.15, -0.1) is 10.2 Å². The first-order valence-corrected chi connectivity index (χ1v) is 12.3. The molecule has 2 atom stereocenters. The summed E-state index contributed by atoms with van der Waals surface area (Å²) in [4.78, 5) is 31.0. The Morgan fingerprint density at radius 1 is 1.13 bits per heavy atom. The van der Waals surface area contributed by atoms with E-state index in [1.54, 1.807) is 0 Å². The van der Waals surface area contributed by atoms with Crippen molar-refractivity contribution in [3.8, 4) is 0 Å². The lowest BCUT2D eigenvalue weighted by Gasteiger charge is -2.34. The number of aromatic amines is 1. The molecule has 3 aliphatic heterocycles. The van der Waals surface area contributed by atoms with Crippen molar-refractivity contribution in [1.82, 2.24) is 24.5 Å². The first-order chi connectivity index (χ1) is 15.2. The van der Waals surface area contributed by atoms with Crippen molar-refractivity contribution in [3.63, 3.8) is 0 Å². The summed E-state index contributed by atoms with van der Waals surface area (Å²) < 4.78 is 1.95. The van der Waals surface area contributed by atoms with Crippen LogP contribution < -0.4 is 5.56 Å². The number of aromatic nitrogens is 4. The number of rotatable bonds is 1. The van der Waals surface area contributed by atoms with Gasteiger partial charge in [0.2, 0.25) is 5.65 Å². The number of amides is 1. The van der Waals surface area contributed by atoms with Crippen molar-refractivity contribution in [1.29, 1.82) is 0 Å². The van der Waals surface area contributed by atoms with E-state index in [1.165, 1.54) is 23.7 Å². The summed E-state index contributed by atoms with van der Waals surface area (Å²) in [6, 6.07) is 4.07. The van der Waals surface area contributed by atoms with Crippen molar-refractivity contribution in [2.24, 2.45) is 0 Å². The van der Waals surface area contributed by atoms with Crippen molar-refractivity contribution in [2.45, 2.75) is 44.1 Å². The van der Waals surface area contributed by atoms with Gasteiger partial charge in [0.25, 0.3) is 11.5 Å². The van der Waals surface area contributed by atoms with Crippen LogP contribution in [0.25, 0.3) is 16.7 Å². The lowest BCUT2D eigenvalue weighted by molar-refractivity contribution is 0.0735. The number of fused-ring (bicyclic) bond motifs is 6. The fourth-order valence-electron chi connectivity index (χ4n) is 5.85. The molecule has 0 bridgehead atoms. The third-order valence-corrected chi connectivity index (χ3v) is 8.76. The van der Waals surface area contributed by atoms with Crippen molar-refractivity contribution in [3.05, 3.63) is 62.5 Å². The number of nitrogens with one attached hydrogen (secondary N) is 1. The van der Waals surface area contributed by atoms with Crippen LogP contribution in [-0.4, -0.2) is 43.1 Å². The predicted molar refractivity (Wildman–Crippen MR) is 120 cm³/mol. The van der Waals surface area contributed by atoms with Crippen molar-refractivity contribution in [2.75, 3.05) is 12.7 Å². The van der Waals surface area contributed by atoms with Gasteiger partial charge in [0.05, 0.1) is 17.1 Å². The predicted octanol–water partition coefficient (Wildman–Crippen LogP) is 3.63. The SMILES string of the molecule is O=C1c2cc3[nH]c(=O)c4nnc(C5CCCC5)n4c3cc2C2CC3=C(C=CCP3)CN12. The van der Waals surface area contributed by atoms with Gasteiger partial charge in [-0.2, -0.15) is 0 Å². The highest BCUT2D eigenvalue weighted by atomic mass is 31.1. The molecule has 31 heavy (non-hydrogen) atoms. The van der Waals surface area contributed by atoms with Crippen LogP contribution in [0.2, 0.25) is 0 Å². The lowest BCUT2D eigenvalue weighted by Crippen LogP contribution is -2.33. The molecule has 1 saturated carbocycles. The van der Waals surface area contributed by atoms with Crippen LogP contribution in [0.15, 0.2) is 40.0 Å². The van der Waals surface area contributed by atoms with Gasteiger partial charge >= 0.3 is 0 Å². The highest BCUT2D eigenvalue weighted by Crippen LogP contribution is 2.48. The molecule has 2 unspecified atom stereocenters. The second kappa shape index (κ2) is 6.36. The van der Waals surface area contributed by atoms with Gasteiger partial charge in [-0.3, -0.25) is 14.0 Å². The zero-order valence-electron chi connectivity index (χ0n) is 17.0. The summed E-state index contributed by atoms with van der Waals surface area (Å²) in [5.41, 5.74) is 4.78. The molecule has 1 aromatic carbocycles. The maximum absolute atomic E-state index is 13.3. The Morgan fingerprint density at radius 3 is 2.87 bits per heavy atom. The molecule has 1 fully saturated rings. The first kappa shape index (κ1) is 17.8. The van der Waals surface area contributed by atoms with E-state index in [1.807, 2.05) is 15.4 Å². The van der Waals surface area contributed by atoms with E-state index in [0.717, 1.165) is 56.5 Å². The van der Waals surface area contributed by atoms with E-state index in [4.69, 9.17) is 0 Å². The summed E-state index contributed by atoms with van der Waals surface area (Å²) in [5, 5.41) is 10.2. The van der Waals surface area contributed by atoms with Gasteiger partial charge in [-0.25, -0.2) is 0 Å². The van der Waals surface area contributed by atoms with Crippen molar-refractivity contribution >= 4 is 31.2 Å². The third-order valence-electron chi connectivity index (χ3n) is 7.37. The third kappa shape index (κ3) is 2.44. The molecule has 1 amide bonds. The number of hydrogen-bond donors (Lipinski definition) is 1. The largest absolute Gasteiger partial charge is 0.327 e. The van der Waals surface area contributed by atoms with Crippen LogP contribution in [0.5, 0.6) is 0 Å². The van der Waals surface area contributed by atoms with Crippen LogP contribution in [-0.2, 0) is 0 Å². The quantitative estimate of drug-likeness (QED) is 0.597. The standard InChI is InChI=1S/C23H22N5O2P/c29-22-21-26-25-20(12-4-1-2-5-12)28(21)18-9-14-15(8-16(18)24-22)23(30)27-11-13-6-3-7-31-19(13)10-17(14)27/h3,6,8-9,12,17,31H,1-2,4-5,7,10-11H2,(H,24,29). The van der Waals surface area contributed by atoms with Crippen LogP contribution in [0.4, 0.5) is 0 Å².